The molecule has 0 aliphatic carbocycles. The molecule has 1 aliphatic heterocycles. The highest BCUT2D eigenvalue weighted by atomic mass is 16.5. The monoisotopic (exact) mass is 354 g/mol. The molecule has 3 rings (SSSR count). The summed E-state index contributed by atoms with van der Waals surface area (Å²) < 4.78 is 5.19. The van der Waals surface area contributed by atoms with E-state index in [2.05, 4.69) is 4.98 Å². The lowest BCUT2D eigenvalue weighted by Crippen LogP contribution is -2.48. The Balaban J connectivity index is 1.70. The molecule has 0 saturated carbocycles. The Bertz CT molecular complexity index is 729. The first-order valence-corrected chi connectivity index (χ1v) is 9.07. The van der Waals surface area contributed by atoms with Gasteiger partial charge in [-0.1, -0.05) is 12.1 Å². The highest BCUT2D eigenvalue weighted by molar-refractivity contribution is 5.77. The largest absolute Gasteiger partial charge is 0.497 e. The standard InChI is InChI=1S/C21H26N2O3/c1-21(25,17-6-8-18(26-2)9-7-17)19-4-3-15-23(19)20(24)10-5-16-11-13-22-14-12-16/h6-9,11-14,19,25H,3-5,10,15H2,1-2H3. The summed E-state index contributed by atoms with van der Waals surface area (Å²) in [5.74, 6) is 0.847. The van der Waals surface area contributed by atoms with Crippen molar-refractivity contribution in [1.82, 2.24) is 9.88 Å². The number of carbonyl (C=O) groups is 1. The van der Waals surface area contributed by atoms with E-state index in [1.54, 1.807) is 26.4 Å². The lowest BCUT2D eigenvalue weighted by molar-refractivity contribution is -0.137. The fourth-order valence-corrected chi connectivity index (χ4v) is 3.71. The summed E-state index contributed by atoms with van der Waals surface area (Å²) in [6, 6.07) is 11.1. The van der Waals surface area contributed by atoms with Gasteiger partial charge in [-0.25, -0.2) is 0 Å². The molecule has 0 radical (unpaired) electrons. The predicted octanol–water partition coefficient (Wildman–Crippen LogP) is 2.92. The van der Waals surface area contributed by atoms with Crippen molar-refractivity contribution in [2.24, 2.45) is 0 Å². The molecule has 1 saturated heterocycles. The quantitative estimate of drug-likeness (QED) is 0.866. The average molecular weight is 354 g/mol. The molecule has 2 aromatic rings. The molecule has 138 valence electrons. The van der Waals surface area contributed by atoms with Gasteiger partial charge < -0.3 is 14.7 Å². The molecule has 1 fully saturated rings. The van der Waals surface area contributed by atoms with Gasteiger partial charge in [0.05, 0.1) is 13.2 Å². The minimum atomic E-state index is -1.09. The van der Waals surface area contributed by atoms with Gasteiger partial charge in [-0.05, 0) is 61.6 Å². The number of aryl methyl sites for hydroxylation is 1. The molecule has 1 aromatic carbocycles. The van der Waals surface area contributed by atoms with Crippen LogP contribution in [0.25, 0.3) is 0 Å². The summed E-state index contributed by atoms with van der Waals surface area (Å²) in [7, 11) is 1.62. The van der Waals surface area contributed by atoms with Gasteiger partial charge in [-0.15, -0.1) is 0 Å². The topological polar surface area (TPSA) is 62.7 Å². The summed E-state index contributed by atoms with van der Waals surface area (Å²) in [4.78, 5) is 18.6. The third-order valence-corrected chi connectivity index (χ3v) is 5.27. The molecule has 2 heterocycles. The number of aromatic nitrogens is 1. The molecule has 5 heteroatoms. The first-order chi connectivity index (χ1) is 12.5. The minimum absolute atomic E-state index is 0.0955. The summed E-state index contributed by atoms with van der Waals surface area (Å²) >= 11 is 0. The fraction of sp³-hybridized carbons (Fsp3) is 0.429. The number of hydrogen-bond acceptors (Lipinski definition) is 4. The molecule has 26 heavy (non-hydrogen) atoms. The number of carbonyl (C=O) groups excluding carboxylic acids is 1. The molecule has 1 aromatic heterocycles. The van der Waals surface area contributed by atoms with Crippen molar-refractivity contribution in [3.63, 3.8) is 0 Å². The van der Waals surface area contributed by atoms with Crippen molar-refractivity contribution in [3.05, 3.63) is 59.9 Å². The van der Waals surface area contributed by atoms with Gasteiger partial charge in [0.25, 0.3) is 0 Å². The Morgan fingerprint density at radius 3 is 2.62 bits per heavy atom. The van der Waals surface area contributed by atoms with Crippen LogP contribution in [0.3, 0.4) is 0 Å². The number of ether oxygens (including phenoxy) is 1. The minimum Gasteiger partial charge on any atom is -0.497 e. The zero-order valence-corrected chi connectivity index (χ0v) is 15.4. The van der Waals surface area contributed by atoms with Crippen LogP contribution in [-0.4, -0.2) is 40.6 Å². The summed E-state index contributed by atoms with van der Waals surface area (Å²) in [6.07, 6.45) is 6.34. The maximum Gasteiger partial charge on any atom is 0.223 e. The van der Waals surface area contributed by atoms with Crippen molar-refractivity contribution in [3.8, 4) is 5.75 Å². The number of methoxy groups -OCH3 is 1. The predicted molar refractivity (Wildman–Crippen MR) is 99.9 cm³/mol. The molecule has 2 atom stereocenters. The molecule has 0 spiro atoms. The molecular formula is C21H26N2O3. The van der Waals surface area contributed by atoms with E-state index in [0.717, 1.165) is 29.7 Å². The van der Waals surface area contributed by atoms with Crippen LogP contribution in [0.15, 0.2) is 48.8 Å². The number of benzene rings is 1. The zero-order chi connectivity index (χ0) is 18.6. The average Bonchev–Trinajstić information content (AvgIpc) is 3.18. The van der Waals surface area contributed by atoms with E-state index in [4.69, 9.17) is 4.74 Å². The molecule has 2 unspecified atom stereocenters. The Labute approximate surface area is 154 Å². The van der Waals surface area contributed by atoms with E-state index >= 15 is 0 Å². The van der Waals surface area contributed by atoms with Gasteiger partial charge in [0.2, 0.25) is 5.91 Å². The van der Waals surface area contributed by atoms with Crippen LogP contribution in [0, 0.1) is 0 Å². The van der Waals surface area contributed by atoms with E-state index in [-0.39, 0.29) is 11.9 Å². The SMILES string of the molecule is COc1ccc(C(C)(O)C2CCCN2C(=O)CCc2ccncc2)cc1. The van der Waals surface area contributed by atoms with Gasteiger partial charge in [-0.2, -0.15) is 0 Å². The Morgan fingerprint density at radius 1 is 1.27 bits per heavy atom. The van der Waals surface area contributed by atoms with Crippen LogP contribution in [0.4, 0.5) is 0 Å². The lowest BCUT2D eigenvalue weighted by Gasteiger charge is -2.37. The second-order valence-electron chi connectivity index (χ2n) is 6.98. The second kappa shape index (κ2) is 7.87. The lowest BCUT2D eigenvalue weighted by atomic mass is 9.86. The number of pyridine rings is 1. The van der Waals surface area contributed by atoms with Crippen LogP contribution in [0.1, 0.15) is 37.3 Å². The zero-order valence-electron chi connectivity index (χ0n) is 15.4. The number of likely N-dealkylation sites (tertiary alicyclic amines) is 1. The Morgan fingerprint density at radius 2 is 1.96 bits per heavy atom. The Hall–Kier alpha value is -2.40. The number of amides is 1. The van der Waals surface area contributed by atoms with Crippen molar-refractivity contribution in [1.29, 1.82) is 0 Å². The van der Waals surface area contributed by atoms with E-state index in [0.29, 0.717) is 19.4 Å². The van der Waals surface area contributed by atoms with E-state index in [9.17, 15) is 9.90 Å². The van der Waals surface area contributed by atoms with Crippen LogP contribution in [0.5, 0.6) is 5.75 Å². The van der Waals surface area contributed by atoms with Crippen molar-refractivity contribution < 1.29 is 14.6 Å². The van der Waals surface area contributed by atoms with Crippen molar-refractivity contribution >= 4 is 5.91 Å². The van der Waals surface area contributed by atoms with Crippen LogP contribution < -0.4 is 4.74 Å². The smallest absolute Gasteiger partial charge is 0.223 e. The normalized spacial score (nSPS) is 19.2. The van der Waals surface area contributed by atoms with E-state index in [1.165, 1.54) is 0 Å². The van der Waals surface area contributed by atoms with Crippen molar-refractivity contribution in [2.75, 3.05) is 13.7 Å². The van der Waals surface area contributed by atoms with Gasteiger partial charge in [0, 0.05) is 25.4 Å². The highest BCUT2D eigenvalue weighted by Gasteiger charge is 2.42. The third kappa shape index (κ3) is 3.88. The van der Waals surface area contributed by atoms with Crippen LogP contribution >= 0.6 is 0 Å². The van der Waals surface area contributed by atoms with Gasteiger partial charge in [-0.3, -0.25) is 9.78 Å². The van der Waals surface area contributed by atoms with Crippen LogP contribution in [0.2, 0.25) is 0 Å². The number of hydrogen-bond donors (Lipinski definition) is 1. The molecule has 5 nitrogen and oxygen atoms in total. The van der Waals surface area contributed by atoms with Crippen molar-refractivity contribution in [2.45, 2.75) is 44.2 Å². The van der Waals surface area contributed by atoms with Gasteiger partial charge >= 0.3 is 0 Å². The first-order valence-electron chi connectivity index (χ1n) is 9.07. The molecular weight excluding hydrogens is 328 g/mol. The Kier molecular flexibility index (Phi) is 5.57. The maximum absolute atomic E-state index is 12.8. The second-order valence-corrected chi connectivity index (χ2v) is 6.98. The number of nitrogens with zero attached hydrogens (tertiary/aromatic N) is 2. The van der Waals surface area contributed by atoms with Gasteiger partial charge in [0.15, 0.2) is 0 Å². The fourth-order valence-electron chi connectivity index (χ4n) is 3.71. The summed E-state index contributed by atoms with van der Waals surface area (Å²) in [5.41, 5.74) is 0.817. The molecule has 1 amide bonds. The first kappa shape index (κ1) is 18.4. The third-order valence-electron chi connectivity index (χ3n) is 5.27. The summed E-state index contributed by atoms with van der Waals surface area (Å²) in [5, 5.41) is 11.2. The summed E-state index contributed by atoms with van der Waals surface area (Å²) in [6.45, 7) is 2.50. The van der Waals surface area contributed by atoms with Crippen LogP contribution in [-0.2, 0) is 16.8 Å². The number of aliphatic hydroxyl groups is 1. The molecule has 1 aliphatic rings. The van der Waals surface area contributed by atoms with E-state index in [1.807, 2.05) is 41.3 Å². The van der Waals surface area contributed by atoms with Gasteiger partial charge in [0.1, 0.15) is 11.4 Å². The molecule has 1 N–H and O–H groups in total. The molecule has 0 bridgehead atoms. The highest BCUT2D eigenvalue weighted by Crippen LogP contribution is 2.35. The maximum atomic E-state index is 12.8. The van der Waals surface area contributed by atoms with E-state index < -0.39 is 5.60 Å². The number of rotatable bonds is 6.